The molecule has 124 valence electrons. The summed E-state index contributed by atoms with van der Waals surface area (Å²) in [7, 11) is 0. The van der Waals surface area contributed by atoms with Crippen LogP contribution in [0.4, 0.5) is 17.6 Å². The molecule has 1 amide bonds. The molecule has 0 bridgehead atoms. The van der Waals surface area contributed by atoms with Crippen LogP contribution in [-0.4, -0.2) is 35.9 Å². The minimum atomic E-state index is -4.52. The van der Waals surface area contributed by atoms with E-state index >= 15 is 0 Å². The molecule has 0 heterocycles. The Balaban J connectivity index is 2.54. The summed E-state index contributed by atoms with van der Waals surface area (Å²) >= 11 is 0. The molecular weight excluding hydrogens is 306 g/mol. The van der Waals surface area contributed by atoms with E-state index in [-0.39, 0.29) is 0 Å². The van der Waals surface area contributed by atoms with Gasteiger partial charge in [-0.3, -0.25) is 4.79 Å². The summed E-state index contributed by atoms with van der Waals surface area (Å²) in [6.07, 6.45) is -6.96. The molecule has 0 fully saturated rings. The number of nitrogens with one attached hydrogen (secondary N) is 1. The third kappa shape index (κ3) is 5.98. The lowest BCUT2D eigenvalue weighted by Crippen LogP contribution is -2.43. The van der Waals surface area contributed by atoms with Gasteiger partial charge in [-0.25, -0.2) is 4.39 Å². The lowest BCUT2D eigenvalue weighted by atomic mass is 10.0. The minimum Gasteiger partial charge on any atom is -0.386 e. The largest absolute Gasteiger partial charge is 0.411 e. The highest BCUT2D eigenvalue weighted by Gasteiger charge is 2.30. The van der Waals surface area contributed by atoms with Crippen molar-refractivity contribution in [3.8, 4) is 0 Å². The Hall–Kier alpha value is -1.67. The van der Waals surface area contributed by atoms with E-state index in [0.29, 0.717) is 5.56 Å². The van der Waals surface area contributed by atoms with Crippen LogP contribution >= 0.6 is 0 Å². The van der Waals surface area contributed by atoms with Crippen LogP contribution in [0.1, 0.15) is 25.5 Å². The second kappa shape index (κ2) is 7.55. The Labute approximate surface area is 125 Å². The lowest BCUT2D eigenvalue weighted by Gasteiger charge is -2.23. The monoisotopic (exact) mass is 323 g/mol. The number of carbonyl (C=O) groups is 1. The Kier molecular flexibility index (Phi) is 6.31. The number of amides is 1. The van der Waals surface area contributed by atoms with E-state index in [1.165, 1.54) is 26.0 Å². The lowest BCUT2D eigenvalue weighted by molar-refractivity contribution is -0.186. The average molecular weight is 323 g/mol. The first-order chi connectivity index (χ1) is 10.1. The van der Waals surface area contributed by atoms with Crippen LogP contribution in [0.5, 0.6) is 0 Å². The second-order valence-electron chi connectivity index (χ2n) is 4.86. The molecule has 0 saturated heterocycles. The van der Waals surface area contributed by atoms with Crippen molar-refractivity contribution < 1.29 is 32.2 Å². The molecule has 22 heavy (non-hydrogen) atoms. The number of rotatable bonds is 6. The summed E-state index contributed by atoms with van der Waals surface area (Å²) in [4.78, 5) is 11.7. The summed E-state index contributed by atoms with van der Waals surface area (Å²) in [5.74, 6) is -1.25. The number of benzene rings is 1. The molecule has 0 saturated carbocycles. The molecule has 8 heteroatoms. The molecule has 4 nitrogen and oxygen atoms in total. The summed E-state index contributed by atoms with van der Waals surface area (Å²) in [5.41, 5.74) is 0.373. The normalized spacial score (nSPS) is 16.0. The zero-order chi connectivity index (χ0) is 16.9. The predicted octanol–water partition coefficient (Wildman–Crippen LogP) is 2.33. The van der Waals surface area contributed by atoms with E-state index in [1.54, 1.807) is 0 Å². The average Bonchev–Trinajstić information content (AvgIpc) is 2.43. The van der Waals surface area contributed by atoms with Crippen molar-refractivity contribution >= 4 is 5.91 Å². The molecule has 0 aromatic heterocycles. The first-order valence-electron chi connectivity index (χ1n) is 6.52. The standard InChI is InChI=1S/C14H17F4NO3/c1-8(12(20)10-3-5-11(15)6-4-10)19-13(21)9(2)22-7-14(16,17)18/h3-6,8-9,12,20H,7H2,1-2H3,(H,19,21). The summed E-state index contributed by atoms with van der Waals surface area (Å²) in [6, 6.07) is 4.23. The van der Waals surface area contributed by atoms with Gasteiger partial charge in [0.15, 0.2) is 0 Å². The van der Waals surface area contributed by atoms with Gasteiger partial charge in [0, 0.05) is 0 Å². The maximum Gasteiger partial charge on any atom is 0.411 e. The first-order valence-corrected chi connectivity index (χ1v) is 6.52. The summed E-state index contributed by atoms with van der Waals surface area (Å²) in [6.45, 7) is 1.12. The van der Waals surface area contributed by atoms with Crippen LogP contribution in [0.15, 0.2) is 24.3 Å². The van der Waals surface area contributed by atoms with Gasteiger partial charge in [-0.15, -0.1) is 0 Å². The van der Waals surface area contributed by atoms with Crippen molar-refractivity contribution in [1.29, 1.82) is 0 Å². The van der Waals surface area contributed by atoms with Gasteiger partial charge in [0.1, 0.15) is 18.5 Å². The molecule has 0 aliphatic heterocycles. The molecular formula is C14H17F4NO3. The Bertz CT molecular complexity index is 490. The van der Waals surface area contributed by atoms with Gasteiger partial charge in [0.25, 0.3) is 0 Å². The SMILES string of the molecule is CC(OCC(F)(F)F)C(=O)NC(C)C(O)c1ccc(F)cc1. The van der Waals surface area contributed by atoms with E-state index in [1.807, 2.05) is 0 Å². The highest BCUT2D eigenvalue weighted by molar-refractivity contribution is 5.80. The van der Waals surface area contributed by atoms with E-state index in [2.05, 4.69) is 10.1 Å². The minimum absolute atomic E-state index is 0.373. The fraction of sp³-hybridized carbons (Fsp3) is 0.500. The van der Waals surface area contributed by atoms with Crippen LogP contribution < -0.4 is 5.32 Å². The van der Waals surface area contributed by atoms with E-state index in [4.69, 9.17) is 0 Å². The number of hydrogen-bond acceptors (Lipinski definition) is 3. The maximum absolute atomic E-state index is 12.8. The van der Waals surface area contributed by atoms with Crippen LogP contribution in [0.3, 0.4) is 0 Å². The summed E-state index contributed by atoms with van der Waals surface area (Å²) in [5, 5.41) is 12.4. The highest BCUT2D eigenvalue weighted by Crippen LogP contribution is 2.18. The molecule has 0 spiro atoms. The zero-order valence-electron chi connectivity index (χ0n) is 12.0. The van der Waals surface area contributed by atoms with Gasteiger partial charge >= 0.3 is 6.18 Å². The molecule has 1 aromatic carbocycles. The third-order valence-electron chi connectivity index (χ3n) is 2.92. The number of halogens is 4. The fourth-order valence-corrected chi connectivity index (χ4v) is 1.66. The number of aliphatic hydroxyl groups excluding tert-OH is 1. The van der Waals surface area contributed by atoms with Gasteiger partial charge in [-0.2, -0.15) is 13.2 Å². The molecule has 0 aliphatic rings. The van der Waals surface area contributed by atoms with E-state index < -0.39 is 42.8 Å². The molecule has 0 radical (unpaired) electrons. The van der Waals surface area contributed by atoms with Crippen molar-refractivity contribution in [2.24, 2.45) is 0 Å². The molecule has 3 atom stereocenters. The molecule has 3 unspecified atom stereocenters. The van der Waals surface area contributed by atoms with Crippen LogP contribution in [0.2, 0.25) is 0 Å². The van der Waals surface area contributed by atoms with Crippen LogP contribution in [-0.2, 0) is 9.53 Å². The number of carbonyl (C=O) groups excluding carboxylic acids is 1. The first kappa shape index (κ1) is 18.4. The topological polar surface area (TPSA) is 58.6 Å². The molecule has 0 aliphatic carbocycles. The van der Waals surface area contributed by atoms with Crippen molar-refractivity contribution in [3.05, 3.63) is 35.6 Å². The van der Waals surface area contributed by atoms with Gasteiger partial charge in [0.2, 0.25) is 5.91 Å². The highest BCUT2D eigenvalue weighted by atomic mass is 19.4. The quantitative estimate of drug-likeness (QED) is 0.790. The van der Waals surface area contributed by atoms with Gasteiger partial charge in [-0.1, -0.05) is 12.1 Å². The van der Waals surface area contributed by atoms with E-state index in [9.17, 15) is 27.5 Å². The fourth-order valence-electron chi connectivity index (χ4n) is 1.66. The number of hydrogen-bond donors (Lipinski definition) is 2. The van der Waals surface area contributed by atoms with Crippen LogP contribution in [0, 0.1) is 5.82 Å². The third-order valence-corrected chi connectivity index (χ3v) is 2.92. The second-order valence-corrected chi connectivity index (χ2v) is 4.86. The van der Waals surface area contributed by atoms with Crippen molar-refractivity contribution in [2.75, 3.05) is 6.61 Å². The van der Waals surface area contributed by atoms with Gasteiger partial charge in [-0.05, 0) is 31.5 Å². The Morgan fingerprint density at radius 3 is 2.32 bits per heavy atom. The van der Waals surface area contributed by atoms with Crippen molar-refractivity contribution in [3.63, 3.8) is 0 Å². The van der Waals surface area contributed by atoms with Crippen molar-refractivity contribution in [2.45, 2.75) is 38.3 Å². The zero-order valence-corrected chi connectivity index (χ0v) is 12.0. The maximum atomic E-state index is 12.8. The number of alkyl halides is 3. The van der Waals surface area contributed by atoms with Crippen LogP contribution in [0.25, 0.3) is 0 Å². The number of ether oxygens (including phenoxy) is 1. The smallest absolute Gasteiger partial charge is 0.386 e. The van der Waals surface area contributed by atoms with Gasteiger partial charge < -0.3 is 15.2 Å². The van der Waals surface area contributed by atoms with E-state index in [0.717, 1.165) is 12.1 Å². The Morgan fingerprint density at radius 2 is 1.82 bits per heavy atom. The predicted molar refractivity (Wildman–Crippen MR) is 70.4 cm³/mol. The molecule has 1 aromatic rings. The molecule has 2 N–H and O–H groups in total. The molecule has 1 rings (SSSR count). The van der Waals surface area contributed by atoms with Gasteiger partial charge in [0.05, 0.1) is 12.1 Å². The summed E-state index contributed by atoms with van der Waals surface area (Å²) < 4.78 is 53.2. The Morgan fingerprint density at radius 1 is 1.27 bits per heavy atom. The number of aliphatic hydroxyl groups is 1. The van der Waals surface area contributed by atoms with Crippen molar-refractivity contribution in [1.82, 2.24) is 5.32 Å².